The van der Waals surface area contributed by atoms with Crippen molar-refractivity contribution in [3.05, 3.63) is 41.5 Å². The van der Waals surface area contributed by atoms with E-state index in [0.717, 1.165) is 28.2 Å². The first-order valence-corrected chi connectivity index (χ1v) is 6.91. The topological polar surface area (TPSA) is 64.9 Å². The fraction of sp³-hybridized carbons (Fsp3) is 0.143. The second-order valence-corrected chi connectivity index (χ2v) is 5.06. The summed E-state index contributed by atoms with van der Waals surface area (Å²) in [7, 11) is 0. The normalized spacial score (nSPS) is 10.8. The van der Waals surface area contributed by atoms with Crippen molar-refractivity contribution < 1.29 is 4.52 Å². The van der Waals surface area contributed by atoms with E-state index in [-0.39, 0.29) is 0 Å². The average molecular weight is 271 g/mol. The zero-order valence-electron chi connectivity index (χ0n) is 10.5. The lowest BCUT2D eigenvalue weighted by atomic mass is 10.0. The molecule has 0 fully saturated rings. The number of thiophene rings is 1. The van der Waals surface area contributed by atoms with Crippen molar-refractivity contribution in [2.75, 3.05) is 5.73 Å². The van der Waals surface area contributed by atoms with E-state index < -0.39 is 0 Å². The average Bonchev–Trinajstić information content (AvgIpc) is 3.05. The fourth-order valence-corrected chi connectivity index (χ4v) is 3.04. The number of nitrogen functional groups attached to an aromatic ring is 1. The summed E-state index contributed by atoms with van der Waals surface area (Å²) >= 11 is 1.64. The first-order valence-electron chi connectivity index (χ1n) is 6.03. The second kappa shape index (κ2) is 4.85. The van der Waals surface area contributed by atoms with Crippen molar-refractivity contribution in [3.8, 4) is 21.8 Å². The van der Waals surface area contributed by atoms with Gasteiger partial charge in [0.15, 0.2) is 11.6 Å². The maximum Gasteiger partial charge on any atom is 0.187 e. The van der Waals surface area contributed by atoms with Crippen molar-refractivity contribution in [3.63, 3.8) is 0 Å². The van der Waals surface area contributed by atoms with Crippen LogP contribution in [0.15, 0.2) is 40.5 Å². The standard InChI is InChI=1S/C14H13N3OS/c1-2-9-5-7-19-13(9)12-11(14(15)17-18-12)10-4-3-6-16-8-10/h3-8H,2H2,1H3,(H2,15,17). The van der Waals surface area contributed by atoms with Crippen LogP contribution in [-0.4, -0.2) is 10.1 Å². The Bertz CT molecular complexity index is 688. The van der Waals surface area contributed by atoms with E-state index in [1.165, 1.54) is 5.56 Å². The molecule has 0 aromatic carbocycles. The fourth-order valence-electron chi connectivity index (χ4n) is 2.06. The summed E-state index contributed by atoms with van der Waals surface area (Å²) in [5, 5.41) is 5.96. The lowest BCUT2D eigenvalue weighted by Crippen LogP contribution is -1.89. The highest BCUT2D eigenvalue weighted by Gasteiger charge is 2.20. The van der Waals surface area contributed by atoms with Gasteiger partial charge in [0, 0.05) is 18.0 Å². The Hall–Kier alpha value is -2.14. The molecule has 4 nitrogen and oxygen atoms in total. The molecule has 19 heavy (non-hydrogen) atoms. The molecule has 0 saturated carbocycles. The van der Waals surface area contributed by atoms with Crippen LogP contribution in [-0.2, 0) is 6.42 Å². The van der Waals surface area contributed by atoms with E-state index in [1.54, 1.807) is 23.7 Å². The lowest BCUT2D eigenvalue weighted by Gasteiger charge is -2.02. The summed E-state index contributed by atoms with van der Waals surface area (Å²) < 4.78 is 5.44. The summed E-state index contributed by atoms with van der Waals surface area (Å²) in [4.78, 5) is 5.21. The van der Waals surface area contributed by atoms with Gasteiger partial charge in [-0.05, 0) is 29.5 Å². The maximum atomic E-state index is 5.94. The molecule has 0 atom stereocenters. The van der Waals surface area contributed by atoms with Crippen molar-refractivity contribution in [2.24, 2.45) is 0 Å². The van der Waals surface area contributed by atoms with E-state index in [9.17, 15) is 0 Å². The van der Waals surface area contributed by atoms with Crippen LogP contribution in [0, 0.1) is 0 Å². The molecule has 0 amide bonds. The van der Waals surface area contributed by atoms with Gasteiger partial charge in [-0.1, -0.05) is 18.1 Å². The molecular formula is C14H13N3OS. The van der Waals surface area contributed by atoms with Gasteiger partial charge in [-0.15, -0.1) is 11.3 Å². The number of nitrogens with two attached hydrogens (primary N) is 1. The summed E-state index contributed by atoms with van der Waals surface area (Å²) in [5.74, 6) is 1.14. The van der Waals surface area contributed by atoms with Gasteiger partial charge < -0.3 is 10.3 Å². The predicted molar refractivity (Wildman–Crippen MR) is 76.8 cm³/mol. The number of nitrogens with zero attached hydrogens (tertiary/aromatic N) is 2. The monoisotopic (exact) mass is 271 g/mol. The van der Waals surface area contributed by atoms with Gasteiger partial charge in [0.25, 0.3) is 0 Å². The molecule has 0 bridgehead atoms. The molecule has 0 spiro atoms. The first kappa shape index (κ1) is 11.9. The molecule has 5 heteroatoms. The Morgan fingerprint density at radius 3 is 3.00 bits per heavy atom. The number of aromatic nitrogens is 2. The SMILES string of the molecule is CCc1ccsc1-c1onc(N)c1-c1cccnc1. The van der Waals surface area contributed by atoms with E-state index in [4.69, 9.17) is 10.3 Å². The Labute approximate surface area is 114 Å². The van der Waals surface area contributed by atoms with Crippen LogP contribution in [0.5, 0.6) is 0 Å². The molecule has 0 unspecified atom stereocenters. The zero-order valence-corrected chi connectivity index (χ0v) is 11.3. The van der Waals surface area contributed by atoms with E-state index in [0.29, 0.717) is 5.82 Å². The van der Waals surface area contributed by atoms with Gasteiger partial charge in [-0.3, -0.25) is 4.98 Å². The Balaban J connectivity index is 2.20. The van der Waals surface area contributed by atoms with Crippen LogP contribution >= 0.6 is 11.3 Å². The molecule has 0 aliphatic heterocycles. The highest BCUT2D eigenvalue weighted by atomic mass is 32.1. The third-order valence-electron chi connectivity index (χ3n) is 3.00. The largest absolute Gasteiger partial charge is 0.380 e. The molecule has 3 rings (SSSR count). The second-order valence-electron chi connectivity index (χ2n) is 4.14. The molecule has 2 N–H and O–H groups in total. The minimum absolute atomic E-state index is 0.401. The molecule has 0 aliphatic carbocycles. The van der Waals surface area contributed by atoms with Crippen molar-refractivity contribution in [1.82, 2.24) is 10.1 Å². The quantitative estimate of drug-likeness (QED) is 0.790. The summed E-state index contributed by atoms with van der Waals surface area (Å²) in [6.45, 7) is 2.12. The van der Waals surface area contributed by atoms with Crippen molar-refractivity contribution >= 4 is 17.2 Å². The van der Waals surface area contributed by atoms with E-state index >= 15 is 0 Å². The van der Waals surface area contributed by atoms with Crippen molar-refractivity contribution in [2.45, 2.75) is 13.3 Å². The molecule has 3 aromatic rings. The zero-order chi connectivity index (χ0) is 13.2. The van der Waals surface area contributed by atoms with Crippen LogP contribution in [0.4, 0.5) is 5.82 Å². The third-order valence-corrected chi connectivity index (χ3v) is 3.96. The maximum absolute atomic E-state index is 5.94. The molecular weight excluding hydrogens is 258 g/mol. The molecule has 0 aliphatic rings. The molecule has 3 heterocycles. The number of pyridine rings is 1. The highest BCUT2D eigenvalue weighted by Crippen LogP contribution is 2.40. The molecule has 0 radical (unpaired) electrons. The molecule has 3 aromatic heterocycles. The summed E-state index contributed by atoms with van der Waals surface area (Å²) in [6.07, 6.45) is 4.45. The Kier molecular flexibility index (Phi) is 3.05. The summed E-state index contributed by atoms with van der Waals surface area (Å²) in [6, 6.07) is 5.94. The third kappa shape index (κ3) is 2.02. The molecule has 0 saturated heterocycles. The number of anilines is 1. The Morgan fingerprint density at radius 2 is 2.26 bits per heavy atom. The smallest absolute Gasteiger partial charge is 0.187 e. The Morgan fingerprint density at radius 1 is 1.37 bits per heavy atom. The number of rotatable bonds is 3. The van der Waals surface area contributed by atoms with Gasteiger partial charge in [-0.25, -0.2) is 0 Å². The van der Waals surface area contributed by atoms with Crippen LogP contribution in [0.25, 0.3) is 21.8 Å². The molecule has 96 valence electrons. The first-order chi connectivity index (χ1) is 9.31. The number of hydrogen-bond acceptors (Lipinski definition) is 5. The number of hydrogen-bond donors (Lipinski definition) is 1. The highest BCUT2D eigenvalue weighted by molar-refractivity contribution is 7.13. The van der Waals surface area contributed by atoms with Crippen LogP contribution in [0.2, 0.25) is 0 Å². The van der Waals surface area contributed by atoms with Gasteiger partial charge in [0.2, 0.25) is 0 Å². The van der Waals surface area contributed by atoms with Crippen LogP contribution in [0.3, 0.4) is 0 Å². The van der Waals surface area contributed by atoms with Gasteiger partial charge in [0.1, 0.15) is 0 Å². The van der Waals surface area contributed by atoms with E-state index in [1.807, 2.05) is 12.1 Å². The minimum Gasteiger partial charge on any atom is -0.380 e. The van der Waals surface area contributed by atoms with E-state index in [2.05, 4.69) is 28.5 Å². The van der Waals surface area contributed by atoms with Crippen LogP contribution in [0.1, 0.15) is 12.5 Å². The number of aryl methyl sites for hydroxylation is 1. The van der Waals surface area contributed by atoms with Gasteiger partial charge >= 0.3 is 0 Å². The lowest BCUT2D eigenvalue weighted by molar-refractivity contribution is 0.436. The van der Waals surface area contributed by atoms with Crippen molar-refractivity contribution in [1.29, 1.82) is 0 Å². The minimum atomic E-state index is 0.401. The predicted octanol–water partition coefficient (Wildman–Crippen LogP) is 3.61. The van der Waals surface area contributed by atoms with Gasteiger partial charge in [0.05, 0.1) is 10.4 Å². The summed E-state index contributed by atoms with van der Waals surface area (Å²) in [5.41, 5.74) is 8.93. The van der Waals surface area contributed by atoms with Gasteiger partial charge in [-0.2, -0.15) is 0 Å². The van der Waals surface area contributed by atoms with Crippen LogP contribution < -0.4 is 5.73 Å².